The Labute approximate surface area is 518 Å². The average molecular weight is 1190 g/mol. The largest absolute Gasteiger partial charge is 1.00 e. The molecule has 0 aliphatic carbocycles. The van der Waals surface area contributed by atoms with Gasteiger partial charge < -0.3 is 11.5 Å². The molecule has 14 rings (SSSR count). The van der Waals surface area contributed by atoms with E-state index in [1.54, 1.807) is 12.1 Å². The van der Waals surface area contributed by atoms with Crippen LogP contribution in [0.2, 0.25) is 0 Å². The van der Waals surface area contributed by atoms with Crippen LogP contribution < -0.4 is 56.8 Å². The Balaban J connectivity index is 0.000000147. The minimum atomic E-state index is -1.38. The van der Waals surface area contributed by atoms with Gasteiger partial charge in [0.1, 0.15) is 0 Å². The zero-order valence-corrected chi connectivity index (χ0v) is 53.0. The fourth-order valence-electron chi connectivity index (χ4n) is 10.7. The van der Waals surface area contributed by atoms with Crippen molar-refractivity contribution < 1.29 is 62.9 Å². The van der Waals surface area contributed by atoms with Crippen LogP contribution in [0.25, 0.3) is 120 Å². The topological polar surface area (TPSA) is 40.5 Å². The van der Waals surface area contributed by atoms with Crippen molar-refractivity contribution in [2.24, 2.45) is 0 Å². The minimum absolute atomic E-state index is 0. The second-order valence-corrected chi connectivity index (χ2v) is 33.5. The molecular weight excluding hydrogens is 1130 g/mol. The van der Waals surface area contributed by atoms with Gasteiger partial charge in [0.2, 0.25) is 0 Å². The van der Waals surface area contributed by atoms with Crippen LogP contribution in [-0.2, 0) is 0 Å². The van der Waals surface area contributed by atoms with Crippen molar-refractivity contribution in [2.75, 3.05) is 0 Å². The molecule has 0 aliphatic rings. The van der Waals surface area contributed by atoms with Gasteiger partial charge >= 0.3 is 58.5 Å². The van der Waals surface area contributed by atoms with E-state index in [9.17, 15) is 0 Å². The van der Waals surface area contributed by atoms with Crippen LogP contribution in [0.15, 0.2) is 271 Å². The quantitative estimate of drug-likeness (QED) is 0.102. The molecule has 0 heterocycles. The predicted molar refractivity (Wildman–Crippen MR) is 359 cm³/mol. The third-order valence-corrected chi connectivity index (χ3v) is 27.0. The molecule has 0 bridgehead atoms. The molecule has 374 valence electrons. The van der Waals surface area contributed by atoms with Crippen LogP contribution in [0, 0.1) is 0 Å². The smallest absolute Gasteiger partial charge is 1.00 e. The van der Waals surface area contributed by atoms with Crippen molar-refractivity contribution in [3.63, 3.8) is 0 Å². The van der Waals surface area contributed by atoms with Crippen molar-refractivity contribution in [3.05, 3.63) is 271 Å². The zero-order chi connectivity index (χ0) is 52.8. The summed E-state index contributed by atoms with van der Waals surface area (Å²) < 4.78 is 1.17. The molecule has 78 heavy (non-hydrogen) atoms. The first-order chi connectivity index (χ1) is 37.8. The van der Waals surface area contributed by atoms with E-state index in [2.05, 4.69) is 267 Å². The minimum Gasteiger partial charge on any atom is -1.00 e. The van der Waals surface area contributed by atoms with Gasteiger partial charge in [-0.15, -0.1) is 26.8 Å². The average Bonchev–Trinajstić information content (AvgIpc) is 3.65. The van der Waals surface area contributed by atoms with Gasteiger partial charge in [-0.1, -0.05) is 269 Å². The molecular formula is C68H54BBrKO2P5. The van der Waals surface area contributed by atoms with Crippen LogP contribution in [0.1, 0.15) is 1.43 Å². The van der Waals surface area contributed by atoms with Gasteiger partial charge in [0.05, 0.1) is 0 Å². The molecule has 2 nitrogen and oxygen atoms in total. The monoisotopic (exact) mass is 1190 g/mol. The molecule has 0 spiro atoms. The Bertz CT molecular complexity index is 4340. The molecule has 0 radical (unpaired) electrons. The Hall–Kier alpha value is -4.59. The Morgan fingerprint density at radius 3 is 1.06 bits per heavy atom. The molecule has 0 aliphatic heterocycles. The third kappa shape index (κ3) is 12.0. The van der Waals surface area contributed by atoms with Crippen molar-refractivity contribution in [1.29, 1.82) is 0 Å². The molecule has 4 atom stereocenters. The van der Waals surface area contributed by atoms with Gasteiger partial charge in [-0.25, -0.2) is 0 Å². The summed E-state index contributed by atoms with van der Waals surface area (Å²) in [4.78, 5) is 0. The summed E-state index contributed by atoms with van der Waals surface area (Å²) >= 11 is 3.84. The Kier molecular flexibility index (Phi) is 19.1. The molecule has 0 saturated carbocycles. The molecule has 0 saturated heterocycles. The zero-order valence-electron chi connectivity index (χ0n) is 43.9. The molecule has 10 heteroatoms. The number of rotatable bonds is 5. The van der Waals surface area contributed by atoms with Crippen LogP contribution in [0.5, 0.6) is 0 Å². The van der Waals surface area contributed by atoms with E-state index < -0.39 is 7.12 Å². The SMILES string of the molecule is Brc1c2ccccc2c(-c2cccc3ccccc23)c2ccccc12.OB(O)c1ccc2ccccc2c1.PPP(P)P.[H-].[K+].c1ccc2cc(-c3c4ccccc4c(-c4cccc5ccccc45)c4ccccc34)ccc2c1. The van der Waals surface area contributed by atoms with Gasteiger partial charge in [-0.3, -0.25) is 0 Å². The summed E-state index contributed by atoms with van der Waals surface area (Å²) in [7, 11) is 7.85. The Morgan fingerprint density at radius 2 is 0.654 bits per heavy atom. The molecule has 2 N–H and O–H groups in total. The van der Waals surface area contributed by atoms with Crippen molar-refractivity contribution >= 4 is 156 Å². The van der Waals surface area contributed by atoms with E-state index in [-0.39, 0.29) is 59.8 Å². The van der Waals surface area contributed by atoms with E-state index in [1.165, 1.54) is 113 Å². The van der Waals surface area contributed by atoms with Gasteiger partial charge in [-0.2, -0.15) is 0 Å². The first-order valence-corrected chi connectivity index (χ1v) is 34.4. The maximum atomic E-state index is 8.94. The molecule has 0 amide bonds. The van der Waals surface area contributed by atoms with Gasteiger partial charge in [0, 0.05) is 4.47 Å². The van der Waals surface area contributed by atoms with E-state index in [0.29, 0.717) is 5.46 Å². The van der Waals surface area contributed by atoms with Gasteiger partial charge in [0.25, 0.3) is 0 Å². The van der Waals surface area contributed by atoms with E-state index in [4.69, 9.17) is 10.0 Å². The van der Waals surface area contributed by atoms with Crippen LogP contribution in [-0.4, -0.2) is 17.2 Å². The first-order valence-electron chi connectivity index (χ1n) is 25.4. The van der Waals surface area contributed by atoms with Crippen LogP contribution in [0.3, 0.4) is 0 Å². The molecule has 14 aromatic carbocycles. The van der Waals surface area contributed by atoms with E-state index in [0.717, 1.165) is 18.7 Å². The van der Waals surface area contributed by atoms with Gasteiger partial charge in [0.15, 0.2) is 0 Å². The van der Waals surface area contributed by atoms with Crippen molar-refractivity contribution in [1.82, 2.24) is 0 Å². The fraction of sp³-hybridized carbons (Fsp3) is 0. The first kappa shape index (κ1) is 56.7. The molecule has 0 fully saturated rings. The summed E-state index contributed by atoms with van der Waals surface area (Å²) in [5.74, 6) is 0. The number of hydrogen-bond donors (Lipinski definition) is 2. The summed E-state index contributed by atoms with van der Waals surface area (Å²) in [6, 6.07) is 94.3. The second-order valence-electron chi connectivity index (χ2n) is 18.8. The Morgan fingerprint density at radius 1 is 0.346 bits per heavy atom. The summed E-state index contributed by atoms with van der Waals surface area (Å²) in [5.41, 5.74) is 8.29. The standard InChI is InChI=1S/C34H22.C24H15Br.C10H9BO2.K.H7P5.H/c1-2-12-25-22-26(21-20-23(25)10-1)33-29-15-5-7-17-31(29)34(32-18-8-6-16-30(32)33)28-19-9-13-24-11-3-4-14-27(24)28;25-24-21-13-5-3-11-19(21)23(20-12-4-6-14-22(20)24)18-15-7-9-16-8-1-2-10-17(16)18;12-11(13)10-6-5-8-3-1-2-4-9(8)7-10;;1-4-5(2)3;/h1-22H;1-15H;1-7,12-13H;;4H,1-3H2;/q;;;+1;;-1. The number of hydrogen-bond acceptors (Lipinski definition) is 2. The summed E-state index contributed by atoms with van der Waals surface area (Å²) in [6.07, 6.45) is 0. The maximum Gasteiger partial charge on any atom is 1.00 e. The van der Waals surface area contributed by atoms with Crippen LogP contribution >= 0.6 is 57.7 Å². The predicted octanol–water partition coefficient (Wildman–Crippen LogP) is 17.3. The third-order valence-electron chi connectivity index (χ3n) is 14.2. The molecule has 0 aromatic heterocycles. The summed E-state index contributed by atoms with van der Waals surface area (Å²) in [5, 5.41) is 37.9. The molecule has 4 unspecified atom stereocenters. The maximum absolute atomic E-state index is 8.94. The van der Waals surface area contributed by atoms with Gasteiger partial charge in [-0.05, 0) is 154 Å². The van der Waals surface area contributed by atoms with E-state index >= 15 is 0 Å². The van der Waals surface area contributed by atoms with Crippen molar-refractivity contribution in [3.8, 4) is 33.4 Å². The number of fused-ring (bicyclic) bond motifs is 8. The fourth-order valence-corrected chi connectivity index (χ4v) is 11.4. The summed E-state index contributed by atoms with van der Waals surface area (Å²) in [6.45, 7) is 0.226. The normalized spacial score (nSPS) is 11.2. The van der Waals surface area contributed by atoms with Crippen molar-refractivity contribution in [2.45, 2.75) is 0 Å². The van der Waals surface area contributed by atoms with E-state index in [1.807, 2.05) is 30.3 Å². The second kappa shape index (κ2) is 26.3. The number of benzene rings is 14. The number of halogens is 1. The molecule has 14 aromatic rings. The van der Waals surface area contributed by atoms with Crippen LogP contribution in [0.4, 0.5) is 0 Å².